The topological polar surface area (TPSA) is 26.0 Å². The third-order valence-electron chi connectivity index (χ3n) is 2.99. The van der Waals surface area contributed by atoms with Gasteiger partial charge in [-0.15, -0.1) is 0 Å². The van der Waals surface area contributed by atoms with Crippen LogP contribution in [0.1, 0.15) is 37.1 Å². The van der Waals surface area contributed by atoms with Gasteiger partial charge in [-0.3, -0.25) is 0 Å². The molecule has 18 heavy (non-hydrogen) atoms. The predicted molar refractivity (Wildman–Crippen MR) is 62.4 cm³/mol. The number of halogens is 3. The molecule has 0 amide bonds. The Morgan fingerprint density at radius 1 is 1.22 bits per heavy atom. The molecule has 0 aliphatic heterocycles. The molecular weight excluding hydrogens is 243 g/mol. The van der Waals surface area contributed by atoms with Crippen molar-refractivity contribution in [3.8, 4) is 0 Å². The van der Waals surface area contributed by atoms with Crippen molar-refractivity contribution in [2.75, 3.05) is 0 Å². The Kier molecular flexibility index (Phi) is 3.32. The number of aryl methyl sites for hydroxylation is 2. The van der Waals surface area contributed by atoms with Crippen molar-refractivity contribution >= 4 is 11.0 Å². The van der Waals surface area contributed by atoms with Gasteiger partial charge < -0.3 is 4.52 Å². The summed E-state index contributed by atoms with van der Waals surface area (Å²) in [5, 5.41) is 3.24. The molecule has 2 rings (SSSR count). The second-order valence-corrected chi connectivity index (χ2v) is 4.21. The van der Waals surface area contributed by atoms with Gasteiger partial charge in [-0.25, -0.2) is 0 Å². The molecule has 0 spiro atoms. The molecule has 0 saturated carbocycles. The molecular formula is C13H14F3NO. The molecule has 0 saturated heterocycles. The third kappa shape index (κ3) is 2.09. The Hall–Kier alpha value is -1.52. The van der Waals surface area contributed by atoms with E-state index in [0.717, 1.165) is 24.0 Å². The SMILES string of the molecule is CCCc1c(CC)ccc2c(C(F)(F)F)noc12. The van der Waals surface area contributed by atoms with Crippen LogP contribution in [0.4, 0.5) is 13.2 Å². The lowest BCUT2D eigenvalue weighted by molar-refractivity contribution is -0.141. The van der Waals surface area contributed by atoms with Gasteiger partial charge in [0.15, 0.2) is 11.3 Å². The highest BCUT2D eigenvalue weighted by molar-refractivity contribution is 5.84. The van der Waals surface area contributed by atoms with E-state index in [2.05, 4.69) is 5.16 Å². The zero-order chi connectivity index (χ0) is 13.3. The van der Waals surface area contributed by atoms with Crippen LogP contribution in [0.3, 0.4) is 0 Å². The second-order valence-electron chi connectivity index (χ2n) is 4.21. The van der Waals surface area contributed by atoms with E-state index in [1.54, 1.807) is 6.07 Å². The molecule has 0 aliphatic carbocycles. The fraction of sp³-hybridized carbons (Fsp3) is 0.462. The number of hydrogen-bond acceptors (Lipinski definition) is 2. The van der Waals surface area contributed by atoms with Crippen LogP contribution < -0.4 is 0 Å². The van der Waals surface area contributed by atoms with Gasteiger partial charge in [-0.1, -0.05) is 31.5 Å². The summed E-state index contributed by atoms with van der Waals surface area (Å²) in [6.07, 6.45) is -2.14. The Balaban J connectivity index is 2.68. The van der Waals surface area contributed by atoms with Crippen molar-refractivity contribution in [3.63, 3.8) is 0 Å². The maximum atomic E-state index is 12.7. The lowest BCUT2D eigenvalue weighted by Crippen LogP contribution is -2.05. The lowest BCUT2D eigenvalue weighted by atomic mass is 9.98. The molecule has 98 valence electrons. The van der Waals surface area contributed by atoms with Gasteiger partial charge in [0.1, 0.15) is 0 Å². The molecule has 1 heterocycles. The van der Waals surface area contributed by atoms with Crippen molar-refractivity contribution in [1.82, 2.24) is 5.16 Å². The number of aromatic nitrogens is 1. The second kappa shape index (κ2) is 4.63. The number of rotatable bonds is 3. The minimum absolute atomic E-state index is 0.0585. The molecule has 1 aromatic heterocycles. The van der Waals surface area contributed by atoms with Crippen LogP contribution in [-0.2, 0) is 19.0 Å². The van der Waals surface area contributed by atoms with E-state index < -0.39 is 11.9 Å². The molecule has 2 nitrogen and oxygen atoms in total. The fourth-order valence-corrected chi connectivity index (χ4v) is 2.16. The van der Waals surface area contributed by atoms with Gasteiger partial charge in [0.2, 0.25) is 0 Å². The van der Waals surface area contributed by atoms with Gasteiger partial charge in [0, 0.05) is 5.56 Å². The van der Waals surface area contributed by atoms with Gasteiger partial charge in [-0.2, -0.15) is 13.2 Å². The summed E-state index contributed by atoms with van der Waals surface area (Å²) in [5.41, 5.74) is 1.22. The van der Waals surface area contributed by atoms with Crippen LogP contribution in [0.5, 0.6) is 0 Å². The fourth-order valence-electron chi connectivity index (χ4n) is 2.16. The van der Waals surface area contributed by atoms with Crippen molar-refractivity contribution in [1.29, 1.82) is 0 Å². The Morgan fingerprint density at radius 2 is 1.94 bits per heavy atom. The average molecular weight is 257 g/mol. The molecule has 0 N–H and O–H groups in total. The summed E-state index contributed by atoms with van der Waals surface area (Å²) in [7, 11) is 0. The Bertz CT molecular complexity index is 557. The smallest absolute Gasteiger partial charge is 0.355 e. The van der Waals surface area contributed by atoms with Crippen LogP contribution in [0.15, 0.2) is 16.7 Å². The molecule has 2 aromatic rings. The van der Waals surface area contributed by atoms with E-state index in [1.807, 2.05) is 13.8 Å². The maximum absolute atomic E-state index is 12.7. The van der Waals surface area contributed by atoms with Crippen LogP contribution in [-0.4, -0.2) is 5.16 Å². The molecule has 1 aromatic carbocycles. The highest BCUT2D eigenvalue weighted by Crippen LogP contribution is 2.36. The largest absolute Gasteiger partial charge is 0.437 e. The first-order valence-electron chi connectivity index (χ1n) is 5.96. The quantitative estimate of drug-likeness (QED) is 0.816. The standard InChI is InChI=1S/C13H14F3NO/c1-3-5-9-8(4-2)6-7-10-11(9)18-17-12(10)13(14,15)16/h6-7H,3-5H2,1-2H3. The van der Waals surface area contributed by atoms with E-state index in [1.165, 1.54) is 6.07 Å². The van der Waals surface area contributed by atoms with Crippen LogP contribution in [0.25, 0.3) is 11.0 Å². The zero-order valence-electron chi connectivity index (χ0n) is 10.3. The van der Waals surface area contributed by atoms with E-state index in [4.69, 9.17) is 4.52 Å². The predicted octanol–water partition coefficient (Wildman–Crippen LogP) is 4.36. The molecule has 0 unspecified atom stereocenters. The zero-order valence-corrected chi connectivity index (χ0v) is 10.3. The maximum Gasteiger partial charge on any atom is 0.437 e. The Labute approximate surface area is 103 Å². The minimum atomic E-state index is -4.47. The first kappa shape index (κ1) is 12.9. The summed E-state index contributed by atoms with van der Waals surface area (Å²) in [6, 6.07) is 3.19. The Morgan fingerprint density at radius 3 is 2.50 bits per heavy atom. The van der Waals surface area contributed by atoms with E-state index in [0.29, 0.717) is 6.42 Å². The summed E-state index contributed by atoms with van der Waals surface area (Å²) >= 11 is 0. The van der Waals surface area contributed by atoms with Crippen molar-refractivity contribution in [3.05, 3.63) is 29.0 Å². The summed E-state index contributed by atoms with van der Waals surface area (Å²) < 4.78 is 43.1. The van der Waals surface area contributed by atoms with E-state index >= 15 is 0 Å². The first-order valence-corrected chi connectivity index (χ1v) is 5.96. The summed E-state index contributed by atoms with van der Waals surface area (Å²) in [6.45, 7) is 3.96. The monoisotopic (exact) mass is 257 g/mol. The first-order chi connectivity index (χ1) is 8.49. The molecule has 0 fully saturated rings. The van der Waals surface area contributed by atoms with Crippen molar-refractivity contribution < 1.29 is 17.7 Å². The van der Waals surface area contributed by atoms with Gasteiger partial charge >= 0.3 is 6.18 Å². The highest BCUT2D eigenvalue weighted by atomic mass is 19.4. The van der Waals surface area contributed by atoms with Crippen LogP contribution in [0, 0.1) is 0 Å². The number of nitrogens with zero attached hydrogens (tertiary/aromatic N) is 1. The minimum Gasteiger partial charge on any atom is -0.355 e. The molecule has 5 heteroatoms. The number of hydrogen-bond donors (Lipinski definition) is 0. The third-order valence-corrected chi connectivity index (χ3v) is 2.99. The van der Waals surface area contributed by atoms with Gasteiger partial charge in [0.05, 0.1) is 5.39 Å². The molecule has 0 bridgehead atoms. The molecule has 0 aliphatic rings. The van der Waals surface area contributed by atoms with Gasteiger partial charge in [-0.05, 0) is 24.5 Å². The van der Waals surface area contributed by atoms with Gasteiger partial charge in [0.25, 0.3) is 0 Å². The lowest BCUT2D eigenvalue weighted by Gasteiger charge is -2.07. The summed E-state index contributed by atoms with van der Waals surface area (Å²) in [5.74, 6) is 0. The molecule has 0 atom stereocenters. The number of benzene rings is 1. The van der Waals surface area contributed by atoms with E-state index in [-0.39, 0.29) is 11.0 Å². The van der Waals surface area contributed by atoms with Crippen molar-refractivity contribution in [2.24, 2.45) is 0 Å². The summed E-state index contributed by atoms with van der Waals surface area (Å²) in [4.78, 5) is 0. The average Bonchev–Trinajstić information content (AvgIpc) is 2.73. The van der Waals surface area contributed by atoms with E-state index in [9.17, 15) is 13.2 Å². The van der Waals surface area contributed by atoms with Crippen LogP contribution in [0.2, 0.25) is 0 Å². The normalized spacial score (nSPS) is 12.3. The number of fused-ring (bicyclic) bond motifs is 1. The molecule has 0 radical (unpaired) electrons. The van der Waals surface area contributed by atoms with Crippen molar-refractivity contribution in [2.45, 2.75) is 39.3 Å². The highest BCUT2D eigenvalue weighted by Gasteiger charge is 2.37. The number of alkyl halides is 3. The van der Waals surface area contributed by atoms with Crippen LogP contribution >= 0.6 is 0 Å².